The van der Waals surface area contributed by atoms with E-state index < -0.39 is 47.1 Å². The normalized spacial score (nSPS) is 25.4. The summed E-state index contributed by atoms with van der Waals surface area (Å²) in [4.78, 5) is 59.4. The van der Waals surface area contributed by atoms with Crippen LogP contribution in [-0.2, 0) is 28.7 Å². The number of nitrogens with zero attached hydrogens (tertiary/aromatic N) is 2. The number of allylic oxidation sites excluding steroid dienone is 1. The molecule has 2 N–H and O–H groups in total. The second-order valence-electron chi connectivity index (χ2n) is 15.3. The molecule has 4 rings (SSSR count). The number of fused-ring (bicyclic) bond motifs is 1. The molecule has 2 bridgehead atoms. The molecule has 0 unspecified atom stereocenters. The van der Waals surface area contributed by atoms with Crippen molar-refractivity contribution in [3.05, 3.63) is 61.2 Å². The lowest BCUT2D eigenvalue weighted by Gasteiger charge is -2.45. The Bertz CT molecular complexity index is 1340. The number of aliphatic hydroxyl groups excluding tert-OH is 1. The van der Waals surface area contributed by atoms with Crippen molar-refractivity contribution in [2.24, 2.45) is 17.3 Å². The topological polar surface area (TPSA) is 125 Å². The Hall–Kier alpha value is -3.50. The fourth-order valence-electron chi connectivity index (χ4n) is 8.32. The van der Waals surface area contributed by atoms with Gasteiger partial charge in [0.15, 0.2) is 0 Å². The van der Waals surface area contributed by atoms with Crippen LogP contribution in [0.25, 0.3) is 0 Å². The summed E-state index contributed by atoms with van der Waals surface area (Å²) in [5.74, 6) is -2.90. The molecule has 3 saturated heterocycles. The lowest BCUT2D eigenvalue weighted by molar-refractivity contribution is -0.153. The Morgan fingerprint density at radius 1 is 1.15 bits per heavy atom. The first-order chi connectivity index (χ1) is 22.7. The maximum absolute atomic E-state index is 14.8. The molecular weight excluding hydrogens is 610 g/mol. The van der Waals surface area contributed by atoms with Crippen molar-refractivity contribution in [1.29, 1.82) is 0 Å². The molecule has 3 heterocycles. The average Bonchev–Trinajstić information content (AvgIpc) is 3.67. The number of hydrogen-bond acceptors (Lipinski definition) is 7. The minimum Gasteiger partial charge on any atom is -0.463 e. The third kappa shape index (κ3) is 7.86. The highest BCUT2D eigenvalue weighted by Crippen LogP contribution is 2.59. The summed E-state index contributed by atoms with van der Waals surface area (Å²) >= 11 is 0. The predicted octanol–water partition coefficient (Wildman–Crippen LogP) is 4.73. The lowest BCUT2D eigenvalue weighted by Crippen LogP contribution is -2.61. The number of esters is 1. The number of nitrogens with one attached hydrogen (secondary N) is 1. The molecule has 1 aromatic carbocycles. The van der Waals surface area contributed by atoms with Crippen LogP contribution in [0.2, 0.25) is 0 Å². The van der Waals surface area contributed by atoms with E-state index in [1.807, 2.05) is 49.1 Å². The molecule has 0 aliphatic carbocycles. The van der Waals surface area contributed by atoms with Crippen LogP contribution >= 0.6 is 0 Å². The first-order valence-corrected chi connectivity index (χ1v) is 17.3. The van der Waals surface area contributed by atoms with Crippen LogP contribution in [0.1, 0.15) is 91.2 Å². The van der Waals surface area contributed by atoms with Gasteiger partial charge in [-0.2, -0.15) is 0 Å². The number of benzene rings is 1. The van der Waals surface area contributed by atoms with Crippen LogP contribution in [0.3, 0.4) is 0 Å². The number of hydrogen-bond donors (Lipinski definition) is 2. The second-order valence-corrected chi connectivity index (χ2v) is 15.3. The molecule has 3 amide bonds. The van der Waals surface area contributed by atoms with Crippen LogP contribution < -0.4 is 5.32 Å². The van der Waals surface area contributed by atoms with Gasteiger partial charge >= 0.3 is 5.97 Å². The fourth-order valence-corrected chi connectivity index (χ4v) is 8.32. The Labute approximate surface area is 285 Å². The zero-order valence-electron chi connectivity index (χ0n) is 29.4. The van der Waals surface area contributed by atoms with Crippen molar-refractivity contribution < 1.29 is 33.8 Å². The molecular formula is C38H55N3O7. The zero-order valence-corrected chi connectivity index (χ0v) is 29.4. The van der Waals surface area contributed by atoms with Crippen LogP contribution in [0.4, 0.5) is 0 Å². The van der Waals surface area contributed by atoms with E-state index >= 15 is 0 Å². The van der Waals surface area contributed by atoms with E-state index in [4.69, 9.17) is 9.47 Å². The third-order valence-corrected chi connectivity index (χ3v) is 9.90. The molecule has 3 aliphatic heterocycles. The number of unbranched alkanes of at least 4 members (excludes halogenated alkanes) is 1. The molecule has 48 heavy (non-hydrogen) atoms. The minimum atomic E-state index is -1.16. The number of rotatable bonds is 17. The maximum Gasteiger partial charge on any atom is 0.306 e. The number of ether oxygens (including phenoxy) is 2. The molecule has 0 saturated carbocycles. The van der Waals surface area contributed by atoms with E-state index in [1.165, 1.54) is 0 Å². The standard InChI is InChI=1S/C38H55N3O7/c1-8-10-18-29(43)47-24-27(26-16-12-11-13-17-26)39-33(44)30-28-19-20-38(48-28)31(30)34(45)40(22-14-15-23-42)32(38)35(46)41(21-9-2)37(6,7)25-36(3,4)5/h8-9,11-13,16-17,27-28,30-32,42H,1-2,10,14-15,18-25H2,3-7H3,(H,39,44)/t27-,28-,30+,31+,32-,38+/m1/s1. The first kappa shape index (κ1) is 37.3. The molecule has 0 radical (unpaired) electrons. The first-order valence-electron chi connectivity index (χ1n) is 17.3. The molecule has 10 nitrogen and oxygen atoms in total. The van der Waals surface area contributed by atoms with Gasteiger partial charge in [-0.05, 0) is 63.4 Å². The Morgan fingerprint density at radius 2 is 1.85 bits per heavy atom. The number of amides is 3. The van der Waals surface area contributed by atoms with Crippen LogP contribution in [0.15, 0.2) is 55.6 Å². The van der Waals surface area contributed by atoms with Crippen molar-refractivity contribution in [3.8, 4) is 0 Å². The van der Waals surface area contributed by atoms with Gasteiger partial charge in [0.1, 0.15) is 18.2 Å². The quantitative estimate of drug-likeness (QED) is 0.140. The summed E-state index contributed by atoms with van der Waals surface area (Å²) in [6.07, 6.45) is 6.22. The second kappa shape index (κ2) is 15.4. The summed E-state index contributed by atoms with van der Waals surface area (Å²) in [5, 5.41) is 12.6. The largest absolute Gasteiger partial charge is 0.463 e. The van der Waals surface area contributed by atoms with Gasteiger partial charge in [-0.3, -0.25) is 19.2 Å². The highest BCUT2D eigenvalue weighted by molar-refractivity contribution is 5.99. The summed E-state index contributed by atoms with van der Waals surface area (Å²) in [7, 11) is 0. The molecule has 3 fully saturated rings. The van der Waals surface area contributed by atoms with Gasteiger partial charge in [0.25, 0.3) is 0 Å². The van der Waals surface area contributed by atoms with Crippen LogP contribution in [0, 0.1) is 17.3 Å². The van der Waals surface area contributed by atoms with Gasteiger partial charge in [-0.1, -0.05) is 63.3 Å². The molecule has 264 valence electrons. The van der Waals surface area contributed by atoms with E-state index in [2.05, 4.69) is 39.2 Å². The van der Waals surface area contributed by atoms with E-state index in [9.17, 15) is 24.3 Å². The van der Waals surface area contributed by atoms with Gasteiger partial charge in [0.05, 0.1) is 24.0 Å². The Kier molecular flexibility index (Phi) is 11.9. The highest BCUT2D eigenvalue weighted by Gasteiger charge is 2.74. The summed E-state index contributed by atoms with van der Waals surface area (Å²) in [6.45, 7) is 18.5. The average molecular weight is 666 g/mol. The van der Waals surface area contributed by atoms with Gasteiger partial charge in [-0.25, -0.2) is 0 Å². The maximum atomic E-state index is 14.8. The molecule has 10 heteroatoms. The number of carbonyl (C=O) groups excluding carboxylic acids is 4. The highest BCUT2D eigenvalue weighted by atomic mass is 16.5. The SMILES string of the molecule is C=CCCC(=O)OC[C@@H](NC(=O)[C@@H]1[C@H]2C(=O)N(CCCCO)[C@H](C(=O)N(CC=C)C(C)(C)CC(C)(C)C)[C@]23CC[C@H]1O3)c1ccccc1. The predicted molar refractivity (Wildman–Crippen MR) is 183 cm³/mol. The van der Waals surface area contributed by atoms with Gasteiger partial charge in [0.2, 0.25) is 17.7 Å². The van der Waals surface area contributed by atoms with E-state index in [1.54, 1.807) is 17.1 Å². The van der Waals surface area contributed by atoms with Crippen molar-refractivity contribution in [2.45, 2.75) is 109 Å². The fraction of sp³-hybridized carbons (Fsp3) is 0.632. The van der Waals surface area contributed by atoms with Crippen molar-refractivity contribution in [1.82, 2.24) is 15.1 Å². The summed E-state index contributed by atoms with van der Waals surface area (Å²) < 4.78 is 12.2. The number of aliphatic hydroxyl groups is 1. The van der Waals surface area contributed by atoms with Crippen molar-refractivity contribution in [2.75, 3.05) is 26.3 Å². The number of likely N-dealkylation sites (tertiary alicyclic amines) is 1. The van der Waals surface area contributed by atoms with Gasteiger partial charge in [0, 0.05) is 31.7 Å². The van der Waals surface area contributed by atoms with Crippen LogP contribution in [0.5, 0.6) is 0 Å². The molecule has 6 atom stereocenters. The summed E-state index contributed by atoms with van der Waals surface area (Å²) in [6, 6.07) is 7.72. The Balaban J connectivity index is 1.66. The summed E-state index contributed by atoms with van der Waals surface area (Å²) in [5.41, 5.74) is -1.02. The number of carbonyl (C=O) groups is 4. The van der Waals surface area contributed by atoms with Gasteiger partial charge in [-0.15, -0.1) is 13.2 Å². The van der Waals surface area contributed by atoms with Crippen LogP contribution in [-0.4, -0.2) is 88.2 Å². The van der Waals surface area contributed by atoms with Crippen molar-refractivity contribution >= 4 is 23.7 Å². The van der Waals surface area contributed by atoms with E-state index in [0.29, 0.717) is 38.6 Å². The minimum absolute atomic E-state index is 0.0287. The zero-order chi connectivity index (χ0) is 35.3. The lowest BCUT2D eigenvalue weighted by atomic mass is 9.70. The Morgan fingerprint density at radius 3 is 2.48 bits per heavy atom. The van der Waals surface area contributed by atoms with Crippen molar-refractivity contribution in [3.63, 3.8) is 0 Å². The molecule has 1 spiro atoms. The van der Waals surface area contributed by atoms with Gasteiger partial charge < -0.3 is 29.7 Å². The molecule has 3 aliphatic rings. The van der Waals surface area contributed by atoms with E-state index in [-0.39, 0.29) is 49.3 Å². The smallest absolute Gasteiger partial charge is 0.306 e. The van der Waals surface area contributed by atoms with E-state index in [0.717, 1.165) is 12.0 Å². The molecule has 1 aromatic rings. The molecule has 0 aromatic heterocycles. The monoisotopic (exact) mass is 665 g/mol. The third-order valence-electron chi connectivity index (χ3n) is 9.90.